The van der Waals surface area contributed by atoms with Crippen LogP contribution in [0.15, 0.2) is 42.0 Å². The van der Waals surface area contributed by atoms with Gasteiger partial charge in [-0.3, -0.25) is 4.98 Å². The van der Waals surface area contributed by atoms with E-state index in [1.54, 1.807) is 23.7 Å². The van der Waals surface area contributed by atoms with E-state index in [4.69, 9.17) is 14.5 Å². The zero-order valence-corrected chi connectivity index (χ0v) is 15.3. The van der Waals surface area contributed by atoms with Gasteiger partial charge in [-0.05, 0) is 36.1 Å². The number of pyridine rings is 2. The van der Waals surface area contributed by atoms with Crippen molar-refractivity contribution < 1.29 is 9.47 Å². The van der Waals surface area contributed by atoms with Crippen LogP contribution in [-0.4, -0.2) is 33.4 Å². The number of fused-ring (bicyclic) bond motifs is 1. The maximum atomic E-state index is 5.73. The summed E-state index contributed by atoms with van der Waals surface area (Å²) in [4.78, 5) is 8.97. The second-order valence-electron chi connectivity index (χ2n) is 5.81. The van der Waals surface area contributed by atoms with Gasteiger partial charge in [-0.25, -0.2) is 4.98 Å². The molecule has 4 aromatic heterocycles. The first-order valence-electron chi connectivity index (χ1n) is 8.24. The fourth-order valence-electron chi connectivity index (χ4n) is 2.85. The summed E-state index contributed by atoms with van der Waals surface area (Å²) in [5.41, 5.74) is 2.56. The Balaban J connectivity index is 1.60. The predicted octanol–water partition coefficient (Wildman–Crippen LogP) is 4.31. The largest absolute Gasteiger partial charge is 0.347 e. The summed E-state index contributed by atoms with van der Waals surface area (Å²) >= 11 is 3.18. The number of aromatic nitrogens is 4. The molecule has 0 aliphatic carbocycles. The third kappa shape index (κ3) is 2.90. The van der Waals surface area contributed by atoms with Crippen molar-refractivity contribution in [2.24, 2.45) is 0 Å². The molecule has 1 aliphatic rings. The monoisotopic (exact) mass is 382 g/mol. The molecule has 0 atom stereocenters. The molecule has 0 spiro atoms. The van der Waals surface area contributed by atoms with Crippen LogP contribution in [0, 0.1) is 0 Å². The van der Waals surface area contributed by atoms with Crippen molar-refractivity contribution in [3.8, 4) is 21.3 Å². The molecule has 1 fully saturated rings. The van der Waals surface area contributed by atoms with Crippen LogP contribution in [0.25, 0.3) is 31.4 Å². The van der Waals surface area contributed by atoms with Crippen molar-refractivity contribution in [3.05, 3.63) is 47.7 Å². The average molecular weight is 382 g/mol. The molecule has 0 aromatic carbocycles. The lowest BCUT2D eigenvalue weighted by Gasteiger charge is -2.23. The minimum atomic E-state index is -0.417. The van der Waals surface area contributed by atoms with Crippen molar-refractivity contribution in [1.82, 2.24) is 20.2 Å². The van der Waals surface area contributed by atoms with Crippen LogP contribution in [0.3, 0.4) is 0 Å². The summed E-state index contributed by atoms with van der Waals surface area (Å²) < 4.78 is 12.6. The lowest BCUT2D eigenvalue weighted by Crippen LogP contribution is -2.18. The number of rotatable bonds is 3. The normalized spacial score (nSPS) is 15.5. The highest BCUT2D eigenvalue weighted by atomic mass is 32.1. The highest BCUT2D eigenvalue weighted by Crippen LogP contribution is 2.36. The van der Waals surface area contributed by atoms with E-state index in [1.807, 2.05) is 18.2 Å². The highest BCUT2D eigenvalue weighted by Gasteiger charge is 2.22. The Morgan fingerprint density at radius 3 is 2.81 bits per heavy atom. The molecular formula is C18H14N4O2S2. The molecule has 0 bridgehead atoms. The minimum absolute atomic E-state index is 0.417. The van der Waals surface area contributed by atoms with Gasteiger partial charge in [0.1, 0.15) is 10.7 Å². The second kappa shape index (κ2) is 6.81. The zero-order chi connectivity index (χ0) is 17.3. The number of hydrogen-bond acceptors (Lipinski definition) is 8. The number of nitrogens with zero attached hydrogens (tertiary/aromatic N) is 4. The molecule has 0 saturated carbocycles. The van der Waals surface area contributed by atoms with Crippen LogP contribution in [0.2, 0.25) is 0 Å². The molecule has 130 valence electrons. The van der Waals surface area contributed by atoms with E-state index >= 15 is 0 Å². The van der Waals surface area contributed by atoms with Crippen molar-refractivity contribution >= 4 is 32.8 Å². The van der Waals surface area contributed by atoms with E-state index in [9.17, 15) is 0 Å². The Morgan fingerprint density at radius 2 is 1.96 bits per heavy atom. The van der Waals surface area contributed by atoms with Gasteiger partial charge in [0, 0.05) is 28.0 Å². The third-order valence-electron chi connectivity index (χ3n) is 4.07. The summed E-state index contributed by atoms with van der Waals surface area (Å²) in [5, 5.41) is 13.4. The maximum Gasteiger partial charge on any atom is 0.201 e. The van der Waals surface area contributed by atoms with Crippen molar-refractivity contribution in [3.63, 3.8) is 0 Å². The zero-order valence-electron chi connectivity index (χ0n) is 13.7. The molecule has 26 heavy (non-hydrogen) atoms. The van der Waals surface area contributed by atoms with Gasteiger partial charge in [0.2, 0.25) is 6.29 Å². The van der Waals surface area contributed by atoms with Gasteiger partial charge in [-0.1, -0.05) is 11.3 Å². The van der Waals surface area contributed by atoms with Gasteiger partial charge < -0.3 is 9.47 Å². The van der Waals surface area contributed by atoms with E-state index in [0.717, 1.165) is 43.5 Å². The summed E-state index contributed by atoms with van der Waals surface area (Å²) in [7, 11) is 0. The molecule has 5 heterocycles. The Morgan fingerprint density at radius 1 is 1.08 bits per heavy atom. The Bertz CT molecular complexity index is 1040. The molecular weight excluding hydrogens is 368 g/mol. The van der Waals surface area contributed by atoms with Gasteiger partial charge in [0.05, 0.1) is 18.9 Å². The Labute approximate surface area is 157 Å². The standard InChI is InChI=1S/C18H14N4O2S2/c1-3-11(10-19-5-1)16-21-22-17(26-16)15-12-4-8-25-14(12)9-13(20-15)18-23-6-2-7-24-18/h1,3-5,8-10,18H,2,6-7H2. The van der Waals surface area contributed by atoms with Crippen LogP contribution in [0.5, 0.6) is 0 Å². The average Bonchev–Trinajstić information content (AvgIpc) is 3.38. The van der Waals surface area contributed by atoms with E-state index in [0.29, 0.717) is 13.2 Å². The molecule has 0 N–H and O–H groups in total. The van der Waals surface area contributed by atoms with E-state index in [-0.39, 0.29) is 0 Å². The first kappa shape index (κ1) is 16.0. The smallest absolute Gasteiger partial charge is 0.201 e. The fraction of sp³-hybridized carbons (Fsp3) is 0.222. The van der Waals surface area contributed by atoms with Gasteiger partial charge in [-0.15, -0.1) is 21.5 Å². The quantitative estimate of drug-likeness (QED) is 0.526. The van der Waals surface area contributed by atoms with Crippen LogP contribution >= 0.6 is 22.7 Å². The summed E-state index contributed by atoms with van der Waals surface area (Å²) in [6.45, 7) is 1.38. The van der Waals surface area contributed by atoms with Crippen LogP contribution in [0.4, 0.5) is 0 Å². The molecule has 5 rings (SSSR count). The van der Waals surface area contributed by atoms with E-state index in [1.165, 1.54) is 11.3 Å². The molecule has 6 nitrogen and oxygen atoms in total. The van der Waals surface area contributed by atoms with Gasteiger partial charge >= 0.3 is 0 Å². The first-order chi connectivity index (χ1) is 12.9. The summed E-state index contributed by atoms with van der Waals surface area (Å²) in [5.74, 6) is 0. The van der Waals surface area contributed by atoms with Crippen LogP contribution < -0.4 is 0 Å². The first-order valence-corrected chi connectivity index (χ1v) is 9.94. The van der Waals surface area contributed by atoms with Crippen molar-refractivity contribution in [1.29, 1.82) is 0 Å². The van der Waals surface area contributed by atoms with Crippen LogP contribution in [0.1, 0.15) is 18.4 Å². The lowest BCUT2D eigenvalue weighted by atomic mass is 10.2. The number of hydrogen-bond donors (Lipinski definition) is 0. The van der Waals surface area contributed by atoms with E-state index in [2.05, 4.69) is 26.6 Å². The molecule has 4 aromatic rings. The molecule has 8 heteroatoms. The third-order valence-corrected chi connectivity index (χ3v) is 5.92. The minimum Gasteiger partial charge on any atom is -0.347 e. The SMILES string of the molecule is c1cncc(-c2nnc(-c3nc(C4OCCCO4)cc4sccc34)s2)c1. The second-order valence-corrected chi connectivity index (χ2v) is 7.73. The summed E-state index contributed by atoms with van der Waals surface area (Å²) in [6.07, 6.45) is 4.03. The van der Waals surface area contributed by atoms with Crippen LogP contribution in [-0.2, 0) is 9.47 Å². The molecule has 0 unspecified atom stereocenters. The van der Waals surface area contributed by atoms with Gasteiger partial charge in [0.25, 0.3) is 0 Å². The number of thiophene rings is 1. The summed E-state index contributed by atoms with van der Waals surface area (Å²) in [6, 6.07) is 7.98. The molecule has 1 aliphatic heterocycles. The molecule has 1 saturated heterocycles. The van der Waals surface area contributed by atoms with Crippen molar-refractivity contribution in [2.45, 2.75) is 12.7 Å². The highest BCUT2D eigenvalue weighted by molar-refractivity contribution is 7.18. The number of ether oxygens (including phenoxy) is 2. The maximum absolute atomic E-state index is 5.73. The Kier molecular flexibility index (Phi) is 4.18. The van der Waals surface area contributed by atoms with Gasteiger partial charge in [-0.2, -0.15) is 0 Å². The topological polar surface area (TPSA) is 70.0 Å². The van der Waals surface area contributed by atoms with E-state index < -0.39 is 6.29 Å². The molecule has 0 amide bonds. The molecule has 0 radical (unpaired) electrons. The predicted molar refractivity (Wildman–Crippen MR) is 101 cm³/mol. The Hall–Kier alpha value is -2.26. The van der Waals surface area contributed by atoms with Gasteiger partial charge in [0.15, 0.2) is 5.01 Å². The lowest BCUT2D eigenvalue weighted by molar-refractivity contribution is -0.184. The fourth-order valence-corrected chi connectivity index (χ4v) is 4.52. The van der Waals surface area contributed by atoms with Crippen molar-refractivity contribution in [2.75, 3.05) is 13.2 Å².